The van der Waals surface area contributed by atoms with Gasteiger partial charge in [0.15, 0.2) is 0 Å². The number of benzene rings is 1. The van der Waals surface area contributed by atoms with E-state index in [1.807, 2.05) is 13.0 Å². The third-order valence-electron chi connectivity index (χ3n) is 3.84. The lowest BCUT2D eigenvalue weighted by atomic mass is 10.1. The zero-order chi connectivity index (χ0) is 14.4. The van der Waals surface area contributed by atoms with Gasteiger partial charge in [-0.05, 0) is 5.56 Å². The van der Waals surface area contributed by atoms with E-state index < -0.39 is 0 Å². The van der Waals surface area contributed by atoms with Crippen LogP contribution in [0.25, 0.3) is 0 Å². The number of carbonyl (C=O) groups excluding carboxylic acids is 1. The largest absolute Gasteiger partial charge is 0.300 e. The highest BCUT2D eigenvalue weighted by molar-refractivity contribution is 5.77. The Bertz CT molecular complexity index is 415. The Balaban J connectivity index is 1.74. The Hall–Kier alpha value is -1.43. The highest BCUT2D eigenvalue weighted by atomic mass is 16.2. The molecule has 1 aliphatic heterocycles. The molecule has 0 bridgehead atoms. The number of hydrogen-bond donors (Lipinski definition) is 2. The first-order valence-electron chi connectivity index (χ1n) is 7.18. The average molecular weight is 276 g/mol. The number of carbonyl (C=O) groups is 1. The fourth-order valence-corrected chi connectivity index (χ4v) is 2.58. The molecule has 110 valence electrons. The second-order valence-electron chi connectivity index (χ2n) is 5.47. The summed E-state index contributed by atoms with van der Waals surface area (Å²) in [4.78, 5) is 16.2. The molecule has 0 aromatic heterocycles. The molecule has 5 heteroatoms. The summed E-state index contributed by atoms with van der Waals surface area (Å²) in [6.45, 7) is 7.82. The van der Waals surface area contributed by atoms with Gasteiger partial charge in [0.1, 0.15) is 0 Å². The molecule has 1 amide bonds. The SMILES string of the molecule is CC(CN1CCN(Cc2ccccc2)CC1)C(=O)NN. The summed E-state index contributed by atoms with van der Waals surface area (Å²) >= 11 is 0. The number of hydrazine groups is 1. The molecule has 0 radical (unpaired) electrons. The molecular weight excluding hydrogens is 252 g/mol. The molecule has 1 atom stereocenters. The Kier molecular flexibility index (Phi) is 5.52. The minimum atomic E-state index is -0.0864. The molecule has 1 aliphatic rings. The van der Waals surface area contributed by atoms with Gasteiger partial charge in [-0.1, -0.05) is 37.3 Å². The Labute approximate surface area is 120 Å². The number of nitrogens with one attached hydrogen (secondary N) is 1. The van der Waals surface area contributed by atoms with Crippen molar-refractivity contribution in [2.45, 2.75) is 13.5 Å². The van der Waals surface area contributed by atoms with E-state index in [0.29, 0.717) is 0 Å². The van der Waals surface area contributed by atoms with Crippen molar-refractivity contribution >= 4 is 5.91 Å². The maximum atomic E-state index is 11.4. The predicted molar refractivity (Wildman–Crippen MR) is 79.7 cm³/mol. The van der Waals surface area contributed by atoms with Crippen molar-refractivity contribution in [2.24, 2.45) is 11.8 Å². The van der Waals surface area contributed by atoms with Gasteiger partial charge in [-0.15, -0.1) is 0 Å². The van der Waals surface area contributed by atoms with Crippen molar-refractivity contribution in [3.8, 4) is 0 Å². The average Bonchev–Trinajstić information content (AvgIpc) is 2.49. The van der Waals surface area contributed by atoms with Gasteiger partial charge in [0.2, 0.25) is 5.91 Å². The van der Waals surface area contributed by atoms with Crippen LogP contribution in [0.5, 0.6) is 0 Å². The molecule has 1 aromatic rings. The Morgan fingerprint density at radius 3 is 2.40 bits per heavy atom. The molecule has 20 heavy (non-hydrogen) atoms. The third-order valence-corrected chi connectivity index (χ3v) is 3.84. The van der Waals surface area contributed by atoms with E-state index in [1.165, 1.54) is 5.56 Å². The van der Waals surface area contributed by atoms with Crippen molar-refractivity contribution in [2.75, 3.05) is 32.7 Å². The van der Waals surface area contributed by atoms with Crippen LogP contribution < -0.4 is 11.3 Å². The van der Waals surface area contributed by atoms with Crippen LogP contribution in [0.4, 0.5) is 0 Å². The van der Waals surface area contributed by atoms with Crippen LogP contribution in [0.1, 0.15) is 12.5 Å². The molecule has 2 rings (SSSR count). The van der Waals surface area contributed by atoms with Gasteiger partial charge >= 0.3 is 0 Å². The van der Waals surface area contributed by atoms with Crippen LogP contribution in [0.2, 0.25) is 0 Å². The molecule has 0 aliphatic carbocycles. The monoisotopic (exact) mass is 276 g/mol. The fraction of sp³-hybridized carbons (Fsp3) is 0.533. The van der Waals surface area contributed by atoms with E-state index in [4.69, 9.17) is 5.84 Å². The van der Waals surface area contributed by atoms with Gasteiger partial charge in [0, 0.05) is 45.2 Å². The van der Waals surface area contributed by atoms with Gasteiger partial charge in [0.25, 0.3) is 0 Å². The highest BCUT2D eigenvalue weighted by Crippen LogP contribution is 2.09. The van der Waals surface area contributed by atoms with Crippen molar-refractivity contribution in [1.82, 2.24) is 15.2 Å². The first-order chi connectivity index (χ1) is 9.69. The first kappa shape index (κ1) is 15.0. The number of nitrogens with zero attached hydrogens (tertiary/aromatic N) is 2. The smallest absolute Gasteiger partial charge is 0.237 e. The summed E-state index contributed by atoms with van der Waals surface area (Å²) in [6.07, 6.45) is 0. The standard InChI is InChI=1S/C15H24N4O/c1-13(15(20)17-16)11-18-7-9-19(10-8-18)12-14-5-3-2-4-6-14/h2-6,13H,7-12,16H2,1H3,(H,17,20). The number of hydrogen-bond acceptors (Lipinski definition) is 4. The molecule has 1 aromatic carbocycles. The van der Waals surface area contributed by atoms with Crippen LogP contribution >= 0.6 is 0 Å². The number of piperazine rings is 1. The number of nitrogens with two attached hydrogens (primary N) is 1. The van der Waals surface area contributed by atoms with E-state index in [0.717, 1.165) is 39.3 Å². The molecule has 0 spiro atoms. The molecule has 0 saturated carbocycles. The molecular formula is C15H24N4O. The normalized spacial score (nSPS) is 18.7. The Morgan fingerprint density at radius 1 is 1.20 bits per heavy atom. The maximum absolute atomic E-state index is 11.4. The second-order valence-corrected chi connectivity index (χ2v) is 5.47. The lowest BCUT2D eigenvalue weighted by Gasteiger charge is -2.35. The predicted octanol–water partition coefficient (Wildman–Crippen LogP) is 0.430. The van der Waals surface area contributed by atoms with Crippen LogP contribution in [0.3, 0.4) is 0 Å². The van der Waals surface area contributed by atoms with Gasteiger partial charge in [0.05, 0.1) is 0 Å². The minimum absolute atomic E-state index is 0.0549. The maximum Gasteiger partial charge on any atom is 0.237 e. The zero-order valence-electron chi connectivity index (χ0n) is 12.1. The van der Waals surface area contributed by atoms with E-state index in [2.05, 4.69) is 39.5 Å². The van der Waals surface area contributed by atoms with E-state index in [1.54, 1.807) is 0 Å². The highest BCUT2D eigenvalue weighted by Gasteiger charge is 2.21. The number of amides is 1. The summed E-state index contributed by atoms with van der Waals surface area (Å²) in [5.74, 6) is 5.02. The van der Waals surface area contributed by atoms with Crippen molar-refractivity contribution in [3.05, 3.63) is 35.9 Å². The van der Waals surface area contributed by atoms with Crippen molar-refractivity contribution < 1.29 is 4.79 Å². The fourth-order valence-electron chi connectivity index (χ4n) is 2.58. The van der Waals surface area contributed by atoms with Gasteiger partial charge in [-0.25, -0.2) is 5.84 Å². The molecule has 1 unspecified atom stereocenters. The lowest BCUT2D eigenvalue weighted by molar-refractivity contribution is -0.125. The molecule has 3 N–H and O–H groups in total. The van der Waals surface area contributed by atoms with Crippen LogP contribution in [0, 0.1) is 5.92 Å². The van der Waals surface area contributed by atoms with Crippen LogP contribution in [-0.2, 0) is 11.3 Å². The van der Waals surface area contributed by atoms with Crippen molar-refractivity contribution in [3.63, 3.8) is 0 Å². The quantitative estimate of drug-likeness (QED) is 0.465. The summed E-state index contributed by atoms with van der Waals surface area (Å²) in [7, 11) is 0. The van der Waals surface area contributed by atoms with Crippen LogP contribution in [-0.4, -0.2) is 48.4 Å². The van der Waals surface area contributed by atoms with Gasteiger partial charge in [-0.2, -0.15) is 0 Å². The van der Waals surface area contributed by atoms with Gasteiger partial charge in [-0.3, -0.25) is 15.1 Å². The molecule has 1 saturated heterocycles. The van der Waals surface area contributed by atoms with Gasteiger partial charge < -0.3 is 4.90 Å². The number of rotatable bonds is 5. The summed E-state index contributed by atoms with van der Waals surface area (Å²) < 4.78 is 0. The summed E-state index contributed by atoms with van der Waals surface area (Å²) in [6, 6.07) is 10.5. The van der Waals surface area contributed by atoms with E-state index in [-0.39, 0.29) is 11.8 Å². The molecule has 1 fully saturated rings. The van der Waals surface area contributed by atoms with E-state index in [9.17, 15) is 4.79 Å². The van der Waals surface area contributed by atoms with Crippen molar-refractivity contribution in [1.29, 1.82) is 0 Å². The Morgan fingerprint density at radius 2 is 1.80 bits per heavy atom. The molecule has 5 nitrogen and oxygen atoms in total. The molecule has 1 heterocycles. The topological polar surface area (TPSA) is 61.6 Å². The zero-order valence-corrected chi connectivity index (χ0v) is 12.1. The first-order valence-corrected chi connectivity index (χ1v) is 7.18. The summed E-state index contributed by atoms with van der Waals surface area (Å²) in [5, 5.41) is 0. The third kappa shape index (κ3) is 4.30. The lowest BCUT2D eigenvalue weighted by Crippen LogP contribution is -2.49. The second kappa shape index (κ2) is 7.38. The van der Waals surface area contributed by atoms with Crippen LogP contribution in [0.15, 0.2) is 30.3 Å². The minimum Gasteiger partial charge on any atom is -0.300 e. The summed E-state index contributed by atoms with van der Waals surface area (Å²) in [5.41, 5.74) is 3.58. The van der Waals surface area contributed by atoms with E-state index >= 15 is 0 Å².